The Morgan fingerprint density at radius 3 is 2.91 bits per heavy atom. The minimum atomic E-state index is -0.683. The van der Waals surface area contributed by atoms with Gasteiger partial charge in [-0.1, -0.05) is 26.0 Å². The second-order valence-electron chi connectivity index (χ2n) is 8.53. The van der Waals surface area contributed by atoms with Gasteiger partial charge in [-0.3, -0.25) is 9.59 Å². The van der Waals surface area contributed by atoms with Crippen molar-refractivity contribution in [3.05, 3.63) is 59.5 Å². The molecule has 176 valence electrons. The van der Waals surface area contributed by atoms with Gasteiger partial charge in [-0.2, -0.15) is 0 Å². The summed E-state index contributed by atoms with van der Waals surface area (Å²) in [4.78, 5) is 25.8. The highest BCUT2D eigenvalue weighted by Gasteiger charge is 2.34. The van der Waals surface area contributed by atoms with Crippen molar-refractivity contribution in [3.63, 3.8) is 0 Å². The molecule has 4 rings (SSSR count). The van der Waals surface area contributed by atoms with E-state index in [0.29, 0.717) is 37.8 Å². The summed E-state index contributed by atoms with van der Waals surface area (Å²) >= 11 is 0. The number of nitrogens with one attached hydrogen (secondary N) is 2. The molecule has 9 nitrogen and oxygen atoms in total. The molecule has 0 bridgehead atoms. The van der Waals surface area contributed by atoms with Crippen LogP contribution < -0.4 is 21.2 Å². The molecule has 1 fully saturated rings. The van der Waals surface area contributed by atoms with E-state index < -0.39 is 11.7 Å². The molecular weight excluding hydrogens is 429 g/mol. The lowest BCUT2D eigenvalue weighted by Gasteiger charge is -2.39. The maximum Gasteiger partial charge on any atom is 0.262 e. The topological polar surface area (TPSA) is 109 Å². The first-order valence-corrected chi connectivity index (χ1v) is 10.9. The molecule has 1 aromatic rings. The Kier molecular flexibility index (Phi) is 6.55. The quantitative estimate of drug-likeness (QED) is 0.326. The van der Waals surface area contributed by atoms with Gasteiger partial charge in [0.1, 0.15) is 17.4 Å². The Morgan fingerprint density at radius 1 is 1.42 bits per heavy atom. The van der Waals surface area contributed by atoms with E-state index in [-0.39, 0.29) is 35.7 Å². The number of anilines is 1. The van der Waals surface area contributed by atoms with Crippen LogP contribution in [0.15, 0.2) is 48.1 Å². The standard InChI is InChI=1S/C23H28FN5O4/c1-14(2)7-22(29(25)20-5-3-4-6-26-20)33-12-15-10-28(11-15)23(31)16-8-18-19(9-17(16)24)32-13-21(30)27-18/h3-5,7-9,14-15,26H,6,10-13,25H2,1-2H3,(H,27,30)/b22-7+. The monoisotopic (exact) mass is 457 g/mol. The van der Waals surface area contributed by atoms with Crippen LogP contribution in [0, 0.1) is 17.7 Å². The molecule has 2 amide bonds. The molecule has 0 radical (unpaired) electrons. The van der Waals surface area contributed by atoms with Crippen LogP contribution in [0.25, 0.3) is 0 Å². The molecule has 4 N–H and O–H groups in total. The number of carbonyl (C=O) groups is 2. The number of rotatable bonds is 7. The van der Waals surface area contributed by atoms with E-state index in [2.05, 4.69) is 10.6 Å². The maximum absolute atomic E-state index is 14.5. The number of ether oxygens (including phenoxy) is 2. The number of benzene rings is 1. The third-order valence-electron chi connectivity index (χ3n) is 5.41. The van der Waals surface area contributed by atoms with E-state index >= 15 is 0 Å². The Balaban J connectivity index is 1.35. The summed E-state index contributed by atoms with van der Waals surface area (Å²) in [7, 11) is 0. The number of dihydropyridines is 1. The van der Waals surface area contributed by atoms with Crippen LogP contribution >= 0.6 is 0 Å². The van der Waals surface area contributed by atoms with Crippen LogP contribution in [0.2, 0.25) is 0 Å². The van der Waals surface area contributed by atoms with E-state index in [1.165, 1.54) is 11.1 Å². The van der Waals surface area contributed by atoms with Gasteiger partial charge in [-0.15, -0.1) is 0 Å². The van der Waals surface area contributed by atoms with Gasteiger partial charge in [0.25, 0.3) is 11.8 Å². The molecule has 0 aromatic heterocycles. The first kappa shape index (κ1) is 22.7. The van der Waals surface area contributed by atoms with Crippen molar-refractivity contribution in [2.24, 2.45) is 17.7 Å². The number of allylic oxidation sites excluding steroid dienone is 3. The van der Waals surface area contributed by atoms with Crippen molar-refractivity contribution in [1.29, 1.82) is 0 Å². The van der Waals surface area contributed by atoms with E-state index in [0.717, 1.165) is 11.9 Å². The summed E-state index contributed by atoms with van der Waals surface area (Å²) in [6, 6.07) is 2.45. The van der Waals surface area contributed by atoms with Crippen molar-refractivity contribution < 1.29 is 23.5 Å². The van der Waals surface area contributed by atoms with Crippen molar-refractivity contribution in [3.8, 4) is 5.75 Å². The third kappa shape index (κ3) is 5.11. The highest BCUT2D eigenvalue weighted by molar-refractivity contribution is 6.00. The minimum Gasteiger partial charge on any atom is -0.481 e. The largest absolute Gasteiger partial charge is 0.481 e. The van der Waals surface area contributed by atoms with Crippen LogP contribution in [0.5, 0.6) is 5.75 Å². The van der Waals surface area contributed by atoms with Gasteiger partial charge in [0.2, 0.25) is 5.88 Å². The smallest absolute Gasteiger partial charge is 0.262 e. The molecular formula is C23H28FN5O4. The summed E-state index contributed by atoms with van der Waals surface area (Å²) in [5.41, 5.74) is 0.194. The van der Waals surface area contributed by atoms with E-state index in [1.54, 1.807) is 4.90 Å². The Bertz CT molecular complexity index is 1030. The van der Waals surface area contributed by atoms with Gasteiger partial charge in [-0.25, -0.2) is 15.2 Å². The number of fused-ring (bicyclic) bond motifs is 1. The molecule has 0 saturated carbocycles. The second kappa shape index (κ2) is 9.53. The lowest BCUT2D eigenvalue weighted by Crippen LogP contribution is -2.52. The van der Waals surface area contributed by atoms with Gasteiger partial charge >= 0.3 is 0 Å². The number of halogens is 1. The normalized spacial score (nSPS) is 18.0. The van der Waals surface area contributed by atoms with Crippen molar-refractivity contribution in [2.45, 2.75) is 13.8 Å². The maximum atomic E-state index is 14.5. The average Bonchev–Trinajstić information content (AvgIpc) is 2.76. The number of hydrogen-bond acceptors (Lipinski definition) is 7. The number of nitrogens with two attached hydrogens (primary N) is 1. The first-order chi connectivity index (χ1) is 15.8. The van der Waals surface area contributed by atoms with E-state index in [4.69, 9.17) is 15.3 Å². The zero-order chi connectivity index (χ0) is 23.5. The summed E-state index contributed by atoms with van der Waals surface area (Å²) in [6.07, 6.45) is 7.70. The molecule has 1 aromatic carbocycles. The van der Waals surface area contributed by atoms with Gasteiger partial charge < -0.3 is 25.0 Å². The van der Waals surface area contributed by atoms with Crippen molar-refractivity contribution >= 4 is 17.5 Å². The summed E-state index contributed by atoms with van der Waals surface area (Å²) in [5, 5.41) is 7.26. The van der Waals surface area contributed by atoms with Gasteiger partial charge in [0, 0.05) is 31.6 Å². The molecule has 0 aliphatic carbocycles. The van der Waals surface area contributed by atoms with Crippen LogP contribution in [0.3, 0.4) is 0 Å². The zero-order valence-corrected chi connectivity index (χ0v) is 18.6. The van der Waals surface area contributed by atoms with Crippen LogP contribution in [0.1, 0.15) is 24.2 Å². The van der Waals surface area contributed by atoms with Gasteiger partial charge in [0.15, 0.2) is 6.61 Å². The average molecular weight is 458 g/mol. The van der Waals surface area contributed by atoms with Crippen molar-refractivity contribution in [2.75, 3.05) is 38.2 Å². The number of carbonyl (C=O) groups excluding carboxylic acids is 2. The minimum absolute atomic E-state index is 0.0924. The highest BCUT2D eigenvalue weighted by atomic mass is 19.1. The molecule has 3 aliphatic heterocycles. The Hall–Kier alpha value is -3.53. The van der Waals surface area contributed by atoms with E-state index in [9.17, 15) is 14.0 Å². The molecule has 0 atom stereocenters. The Morgan fingerprint density at radius 2 is 2.21 bits per heavy atom. The third-order valence-corrected chi connectivity index (χ3v) is 5.41. The van der Waals surface area contributed by atoms with Gasteiger partial charge in [-0.05, 0) is 24.1 Å². The predicted octanol–water partition coefficient (Wildman–Crippen LogP) is 1.92. The molecule has 10 heteroatoms. The molecule has 0 unspecified atom stereocenters. The van der Waals surface area contributed by atoms with E-state index in [1.807, 2.05) is 38.2 Å². The lowest BCUT2D eigenvalue weighted by atomic mass is 9.99. The number of amides is 2. The summed E-state index contributed by atoms with van der Waals surface area (Å²) in [6.45, 7) is 5.81. The Labute approximate surface area is 191 Å². The van der Waals surface area contributed by atoms with Gasteiger partial charge in [0.05, 0.1) is 17.9 Å². The van der Waals surface area contributed by atoms with Crippen molar-refractivity contribution in [1.82, 2.24) is 15.2 Å². The zero-order valence-electron chi connectivity index (χ0n) is 18.6. The summed E-state index contributed by atoms with van der Waals surface area (Å²) < 4.78 is 25.7. The number of hydrogen-bond donors (Lipinski definition) is 3. The molecule has 1 saturated heterocycles. The highest BCUT2D eigenvalue weighted by Crippen LogP contribution is 2.32. The first-order valence-electron chi connectivity index (χ1n) is 10.9. The fraction of sp³-hybridized carbons (Fsp3) is 0.391. The van der Waals surface area contributed by atoms with Crippen LogP contribution in [-0.4, -0.2) is 54.6 Å². The molecule has 33 heavy (non-hydrogen) atoms. The number of nitrogens with zero attached hydrogens (tertiary/aromatic N) is 2. The molecule has 0 spiro atoms. The fourth-order valence-electron chi connectivity index (χ4n) is 3.70. The predicted molar refractivity (Wildman–Crippen MR) is 120 cm³/mol. The fourth-order valence-corrected chi connectivity index (χ4v) is 3.70. The molecule has 3 heterocycles. The number of likely N-dealkylation sites (tertiary alicyclic amines) is 1. The summed E-state index contributed by atoms with van der Waals surface area (Å²) in [5.74, 6) is 6.58. The second-order valence-corrected chi connectivity index (χ2v) is 8.53. The SMILES string of the molecule is CC(C)/C=C(/OCC1CN(C(=O)c2cc3c(cc2F)OCC(=O)N3)C1)N(N)C1=CC=CCN1. The lowest BCUT2D eigenvalue weighted by molar-refractivity contribution is -0.118. The molecule has 3 aliphatic rings. The number of hydrazine groups is 1. The van der Waals surface area contributed by atoms with Crippen LogP contribution in [0.4, 0.5) is 10.1 Å². The van der Waals surface area contributed by atoms with Crippen LogP contribution in [-0.2, 0) is 9.53 Å².